The van der Waals surface area contributed by atoms with Crippen molar-refractivity contribution in [2.24, 2.45) is 5.73 Å². The molecule has 1 aliphatic carbocycles. The predicted molar refractivity (Wildman–Crippen MR) is 52.8 cm³/mol. The lowest BCUT2D eigenvalue weighted by Gasteiger charge is -2.26. The van der Waals surface area contributed by atoms with Crippen molar-refractivity contribution in [2.75, 3.05) is 0 Å². The summed E-state index contributed by atoms with van der Waals surface area (Å²) in [5.41, 5.74) is 5.82. The minimum Gasteiger partial charge on any atom is -0.460 e. The van der Waals surface area contributed by atoms with Crippen LogP contribution in [0.4, 0.5) is 4.39 Å². The lowest BCUT2D eigenvalue weighted by Crippen LogP contribution is -2.34. The molecule has 0 amide bonds. The van der Waals surface area contributed by atoms with E-state index in [1.54, 1.807) is 0 Å². The zero-order valence-corrected chi connectivity index (χ0v) is 8.40. The van der Waals surface area contributed by atoms with E-state index in [4.69, 9.17) is 10.5 Å². The van der Waals surface area contributed by atoms with Crippen molar-refractivity contribution in [3.8, 4) is 6.01 Å². The van der Waals surface area contributed by atoms with E-state index in [0.29, 0.717) is 0 Å². The normalized spacial score (nSPS) is 26.3. The van der Waals surface area contributed by atoms with Crippen LogP contribution in [0, 0.1) is 5.82 Å². The zero-order valence-electron chi connectivity index (χ0n) is 8.40. The lowest BCUT2D eigenvalue weighted by atomic mass is 9.94. The molecule has 1 fully saturated rings. The van der Waals surface area contributed by atoms with Crippen LogP contribution in [0.3, 0.4) is 0 Å². The molecule has 0 aliphatic heterocycles. The summed E-state index contributed by atoms with van der Waals surface area (Å²) in [6, 6.07) is 0.430. The van der Waals surface area contributed by atoms with Crippen LogP contribution < -0.4 is 10.5 Å². The molecule has 82 valence electrons. The van der Waals surface area contributed by atoms with Crippen LogP contribution >= 0.6 is 0 Å². The van der Waals surface area contributed by atoms with Gasteiger partial charge in [-0.15, -0.1) is 0 Å². The van der Waals surface area contributed by atoms with Gasteiger partial charge < -0.3 is 10.5 Å². The van der Waals surface area contributed by atoms with Crippen LogP contribution in [-0.2, 0) is 0 Å². The number of hydrogen-bond donors (Lipinski definition) is 1. The van der Waals surface area contributed by atoms with Gasteiger partial charge in [-0.05, 0) is 25.7 Å². The Kier molecular flexibility index (Phi) is 3.11. The molecule has 0 aromatic carbocycles. The minimum absolute atomic E-state index is 0.0687. The van der Waals surface area contributed by atoms with Gasteiger partial charge in [-0.2, -0.15) is 0 Å². The maximum atomic E-state index is 12.5. The maximum Gasteiger partial charge on any atom is 0.316 e. The molecule has 0 bridgehead atoms. The molecule has 1 aliphatic rings. The molecule has 1 heterocycles. The van der Waals surface area contributed by atoms with Crippen LogP contribution in [0.15, 0.2) is 12.4 Å². The van der Waals surface area contributed by atoms with Gasteiger partial charge in [0.2, 0.25) is 0 Å². The topological polar surface area (TPSA) is 61.0 Å². The van der Waals surface area contributed by atoms with Gasteiger partial charge in [0.1, 0.15) is 6.10 Å². The Labute approximate surface area is 87.7 Å². The van der Waals surface area contributed by atoms with Gasteiger partial charge in [0.25, 0.3) is 0 Å². The van der Waals surface area contributed by atoms with Crippen molar-refractivity contribution in [3.63, 3.8) is 0 Å². The first kappa shape index (κ1) is 10.3. The Morgan fingerprint density at radius 3 is 2.73 bits per heavy atom. The van der Waals surface area contributed by atoms with Gasteiger partial charge in [0.05, 0.1) is 12.4 Å². The Balaban J connectivity index is 1.93. The first-order chi connectivity index (χ1) is 7.24. The van der Waals surface area contributed by atoms with E-state index in [1.165, 1.54) is 0 Å². The Morgan fingerprint density at radius 2 is 2.07 bits per heavy atom. The van der Waals surface area contributed by atoms with E-state index in [-0.39, 0.29) is 18.2 Å². The highest BCUT2D eigenvalue weighted by atomic mass is 19.1. The minimum atomic E-state index is -0.456. The van der Waals surface area contributed by atoms with Crippen molar-refractivity contribution in [3.05, 3.63) is 18.2 Å². The van der Waals surface area contributed by atoms with Gasteiger partial charge in [-0.25, -0.2) is 14.4 Å². The quantitative estimate of drug-likeness (QED) is 0.800. The second kappa shape index (κ2) is 4.53. The molecule has 2 N–H and O–H groups in total. The number of aromatic nitrogens is 2. The predicted octanol–water partition coefficient (Wildman–Crippen LogP) is 1.26. The molecule has 2 atom stereocenters. The highest BCUT2D eigenvalue weighted by Crippen LogP contribution is 2.20. The van der Waals surface area contributed by atoms with Gasteiger partial charge in [0, 0.05) is 6.04 Å². The molecule has 1 aromatic heterocycles. The van der Waals surface area contributed by atoms with E-state index in [2.05, 4.69) is 9.97 Å². The third-order valence-corrected chi connectivity index (χ3v) is 2.54. The number of halogens is 1. The number of hydrogen-bond acceptors (Lipinski definition) is 4. The largest absolute Gasteiger partial charge is 0.460 e. The monoisotopic (exact) mass is 211 g/mol. The van der Waals surface area contributed by atoms with Crippen molar-refractivity contribution in [1.82, 2.24) is 9.97 Å². The van der Waals surface area contributed by atoms with Gasteiger partial charge in [0.15, 0.2) is 5.82 Å². The fraction of sp³-hybridized carbons (Fsp3) is 0.600. The summed E-state index contributed by atoms with van der Waals surface area (Å²) < 4.78 is 18.0. The summed E-state index contributed by atoms with van der Waals surface area (Å²) in [6.07, 6.45) is 6.17. The first-order valence-corrected chi connectivity index (χ1v) is 5.14. The van der Waals surface area contributed by atoms with Crippen LogP contribution in [0.5, 0.6) is 6.01 Å². The summed E-state index contributed by atoms with van der Waals surface area (Å²) in [6.45, 7) is 0. The van der Waals surface area contributed by atoms with Crippen LogP contribution in [0.1, 0.15) is 25.7 Å². The number of rotatable bonds is 2. The molecular formula is C10H14FN3O. The third-order valence-electron chi connectivity index (χ3n) is 2.54. The second-order valence-corrected chi connectivity index (χ2v) is 3.85. The zero-order chi connectivity index (χ0) is 10.7. The lowest BCUT2D eigenvalue weighted by molar-refractivity contribution is 0.132. The van der Waals surface area contributed by atoms with Gasteiger partial charge in [-0.1, -0.05) is 0 Å². The van der Waals surface area contributed by atoms with Crippen LogP contribution in [0.25, 0.3) is 0 Å². The van der Waals surface area contributed by atoms with Gasteiger partial charge in [-0.3, -0.25) is 0 Å². The van der Waals surface area contributed by atoms with E-state index >= 15 is 0 Å². The molecule has 15 heavy (non-hydrogen) atoms. The standard InChI is InChI=1S/C10H14FN3O/c11-7-5-13-10(14-6-7)15-9-3-1-2-8(12)4-9/h5-6,8-9H,1-4,12H2. The smallest absolute Gasteiger partial charge is 0.316 e. The highest BCUT2D eigenvalue weighted by Gasteiger charge is 2.21. The summed E-state index contributed by atoms with van der Waals surface area (Å²) in [5.74, 6) is -0.456. The molecule has 4 nitrogen and oxygen atoms in total. The van der Waals surface area contributed by atoms with Crippen molar-refractivity contribution in [2.45, 2.75) is 37.8 Å². The van der Waals surface area contributed by atoms with Crippen molar-refractivity contribution >= 4 is 0 Å². The van der Waals surface area contributed by atoms with Crippen molar-refractivity contribution in [1.29, 1.82) is 0 Å². The van der Waals surface area contributed by atoms with Gasteiger partial charge >= 0.3 is 6.01 Å². The summed E-state index contributed by atoms with van der Waals surface area (Å²) in [5, 5.41) is 0. The molecule has 1 aromatic rings. The number of nitrogens with zero attached hydrogens (tertiary/aromatic N) is 2. The van der Waals surface area contributed by atoms with Crippen LogP contribution in [0.2, 0.25) is 0 Å². The summed E-state index contributed by atoms with van der Waals surface area (Å²) in [7, 11) is 0. The van der Waals surface area contributed by atoms with E-state index < -0.39 is 5.82 Å². The molecule has 2 unspecified atom stereocenters. The fourth-order valence-corrected chi connectivity index (χ4v) is 1.80. The summed E-state index contributed by atoms with van der Waals surface area (Å²) in [4.78, 5) is 7.50. The Hall–Kier alpha value is -1.23. The Bertz CT molecular complexity index is 317. The van der Waals surface area contributed by atoms with E-state index in [9.17, 15) is 4.39 Å². The molecule has 0 saturated heterocycles. The average molecular weight is 211 g/mol. The van der Waals surface area contributed by atoms with E-state index in [1.807, 2.05) is 0 Å². The molecule has 0 spiro atoms. The van der Waals surface area contributed by atoms with E-state index in [0.717, 1.165) is 38.1 Å². The molecule has 1 saturated carbocycles. The first-order valence-electron chi connectivity index (χ1n) is 5.14. The maximum absolute atomic E-state index is 12.5. The molecule has 2 rings (SSSR count). The van der Waals surface area contributed by atoms with Crippen LogP contribution in [-0.4, -0.2) is 22.1 Å². The summed E-state index contributed by atoms with van der Waals surface area (Å²) >= 11 is 0. The average Bonchev–Trinajstić information content (AvgIpc) is 2.22. The molecule has 5 heteroatoms. The second-order valence-electron chi connectivity index (χ2n) is 3.85. The number of nitrogens with two attached hydrogens (primary N) is 1. The third kappa shape index (κ3) is 2.86. The fourth-order valence-electron chi connectivity index (χ4n) is 1.80. The SMILES string of the molecule is NC1CCCC(Oc2ncc(F)cn2)C1. The number of ether oxygens (including phenoxy) is 1. The molecule has 0 radical (unpaired) electrons. The van der Waals surface area contributed by atoms with Crippen molar-refractivity contribution < 1.29 is 9.13 Å². The highest BCUT2D eigenvalue weighted by molar-refractivity contribution is 4.97. The molecular weight excluding hydrogens is 197 g/mol. The Morgan fingerprint density at radius 1 is 1.33 bits per heavy atom.